The van der Waals surface area contributed by atoms with E-state index in [0.29, 0.717) is 37.6 Å². The van der Waals surface area contributed by atoms with Crippen LogP contribution >= 0.6 is 0 Å². The van der Waals surface area contributed by atoms with Crippen LogP contribution in [0, 0.1) is 6.92 Å². The molecule has 1 saturated heterocycles. The molecule has 0 saturated carbocycles. The van der Waals surface area contributed by atoms with E-state index >= 15 is 0 Å². The number of piperazine rings is 1. The third-order valence-electron chi connectivity index (χ3n) is 6.54. The highest BCUT2D eigenvalue weighted by molar-refractivity contribution is 7.89. The summed E-state index contributed by atoms with van der Waals surface area (Å²) in [7, 11) is -3.50. The van der Waals surface area contributed by atoms with E-state index in [9.17, 15) is 13.5 Å². The van der Waals surface area contributed by atoms with Crippen molar-refractivity contribution in [2.24, 2.45) is 5.16 Å². The molecule has 5 rings (SSSR count). The topological polar surface area (TPSA) is 82.4 Å². The van der Waals surface area contributed by atoms with E-state index < -0.39 is 16.1 Å². The van der Waals surface area contributed by atoms with Crippen molar-refractivity contribution < 1.29 is 18.4 Å². The van der Waals surface area contributed by atoms with Crippen LogP contribution in [0.15, 0.2) is 82.8 Å². The first-order chi connectivity index (χ1) is 16.9. The van der Waals surface area contributed by atoms with Crippen LogP contribution in [0.25, 0.3) is 11.1 Å². The Balaban J connectivity index is 1.15. The van der Waals surface area contributed by atoms with Gasteiger partial charge >= 0.3 is 0 Å². The summed E-state index contributed by atoms with van der Waals surface area (Å²) in [5.74, 6) is 0. The van der Waals surface area contributed by atoms with Gasteiger partial charge in [-0.2, -0.15) is 4.31 Å². The highest BCUT2D eigenvalue weighted by Crippen LogP contribution is 2.36. The number of β-amino-alcohol motifs (C(OH)–C–C–N with tert-alkyl or cyclic N) is 1. The van der Waals surface area contributed by atoms with Crippen molar-refractivity contribution in [1.29, 1.82) is 0 Å². The van der Waals surface area contributed by atoms with Gasteiger partial charge in [0.05, 0.1) is 4.90 Å². The van der Waals surface area contributed by atoms with Gasteiger partial charge in [0, 0.05) is 43.9 Å². The summed E-state index contributed by atoms with van der Waals surface area (Å²) >= 11 is 0. The molecule has 0 bridgehead atoms. The monoisotopic (exact) mass is 491 g/mol. The Hall–Kier alpha value is -3.04. The molecule has 1 aliphatic heterocycles. The minimum atomic E-state index is -3.50. The number of aliphatic hydroxyl groups excluding tert-OH is 1. The molecule has 182 valence electrons. The molecule has 2 aliphatic rings. The van der Waals surface area contributed by atoms with Gasteiger partial charge in [0.2, 0.25) is 10.0 Å². The molecule has 8 heteroatoms. The van der Waals surface area contributed by atoms with Crippen molar-refractivity contribution in [3.63, 3.8) is 0 Å². The Kier molecular flexibility index (Phi) is 6.71. The zero-order chi connectivity index (χ0) is 24.4. The minimum absolute atomic E-state index is 0.0652. The molecule has 1 heterocycles. The quantitative estimate of drug-likeness (QED) is 0.402. The fourth-order valence-electron chi connectivity index (χ4n) is 4.64. The van der Waals surface area contributed by atoms with Gasteiger partial charge in [-0.15, -0.1) is 0 Å². The maximum absolute atomic E-state index is 12.9. The van der Waals surface area contributed by atoms with Crippen molar-refractivity contribution in [2.45, 2.75) is 17.9 Å². The molecule has 3 aromatic carbocycles. The van der Waals surface area contributed by atoms with Crippen LogP contribution in [-0.4, -0.2) is 73.9 Å². The molecule has 1 atom stereocenters. The summed E-state index contributed by atoms with van der Waals surface area (Å²) in [5, 5.41) is 14.9. The molecule has 1 aliphatic carbocycles. The van der Waals surface area contributed by atoms with Gasteiger partial charge in [0.1, 0.15) is 18.4 Å². The Morgan fingerprint density at radius 1 is 0.857 bits per heavy atom. The third kappa shape index (κ3) is 4.88. The second-order valence-corrected chi connectivity index (χ2v) is 10.9. The number of aliphatic hydroxyl groups is 1. The number of benzene rings is 3. The van der Waals surface area contributed by atoms with Gasteiger partial charge in [-0.25, -0.2) is 8.42 Å². The first-order valence-electron chi connectivity index (χ1n) is 11.8. The predicted octanol–water partition coefficient (Wildman–Crippen LogP) is 3.11. The molecular formula is C27H29N3O4S. The molecule has 35 heavy (non-hydrogen) atoms. The van der Waals surface area contributed by atoms with Crippen LogP contribution in [0.5, 0.6) is 0 Å². The SMILES string of the molecule is Cc1ccc(S(=O)(=O)N2CCN(C[C@H](O)CON=C3c4ccccc4-c4ccccc43)CC2)cc1. The number of nitrogens with zero attached hydrogens (tertiary/aromatic N) is 3. The lowest BCUT2D eigenvalue weighted by Gasteiger charge is -2.34. The molecule has 1 fully saturated rings. The van der Waals surface area contributed by atoms with Crippen molar-refractivity contribution >= 4 is 15.7 Å². The van der Waals surface area contributed by atoms with Gasteiger partial charge in [-0.1, -0.05) is 71.4 Å². The Morgan fingerprint density at radius 2 is 1.40 bits per heavy atom. The second-order valence-electron chi connectivity index (χ2n) is 9.00. The minimum Gasteiger partial charge on any atom is -0.392 e. The standard InChI is InChI=1S/C27H29N3O4S/c1-20-10-12-22(13-11-20)35(32,33)30-16-14-29(15-17-30)18-21(31)19-34-28-27-25-8-4-2-6-23(25)24-7-3-5-9-26(24)27/h2-13,21,31H,14-19H2,1H3/t21-/m0/s1. The van der Waals surface area contributed by atoms with Crippen LogP contribution in [-0.2, 0) is 14.9 Å². The number of hydrogen-bond acceptors (Lipinski definition) is 6. The van der Waals surface area contributed by atoms with E-state index in [4.69, 9.17) is 4.84 Å². The van der Waals surface area contributed by atoms with Crippen molar-refractivity contribution in [3.8, 4) is 11.1 Å². The zero-order valence-corrected chi connectivity index (χ0v) is 20.5. The number of hydrogen-bond donors (Lipinski definition) is 1. The first kappa shape index (κ1) is 23.7. The summed E-state index contributed by atoms with van der Waals surface area (Å²) in [4.78, 5) is 7.96. The molecule has 3 aromatic rings. The zero-order valence-electron chi connectivity index (χ0n) is 19.7. The Bertz CT molecular complexity index is 1280. The molecular weight excluding hydrogens is 462 g/mol. The van der Waals surface area contributed by atoms with Gasteiger partial charge in [-0.05, 0) is 30.2 Å². The average molecular weight is 492 g/mol. The maximum Gasteiger partial charge on any atom is 0.243 e. The van der Waals surface area contributed by atoms with Crippen molar-refractivity contribution in [2.75, 3.05) is 39.3 Å². The number of oxime groups is 1. The van der Waals surface area contributed by atoms with E-state index in [1.54, 1.807) is 12.1 Å². The van der Waals surface area contributed by atoms with Crippen LogP contribution in [0.1, 0.15) is 16.7 Å². The summed E-state index contributed by atoms with van der Waals surface area (Å²) in [6.07, 6.45) is -0.730. The molecule has 0 radical (unpaired) electrons. The van der Waals surface area contributed by atoms with E-state index in [-0.39, 0.29) is 6.61 Å². The maximum atomic E-state index is 12.9. The number of aryl methyl sites for hydroxylation is 1. The molecule has 0 unspecified atom stereocenters. The van der Waals surface area contributed by atoms with E-state index in [1.165, 1.54) is 4.31 Å². The number of fused-ring (bicyclic) bond motifs is 3. The first-order valence-corrected chi connectivity index (χ1v) is 13.2. The highest BCUT2D eigenvalue weighted by Gasteiger charge is 2.29. The molecule has 0 aromatic heterocycles. The summed E-state index contributed by atoms with van der Waals surface area (Å²) in [6.45, 7) is 4.28. The van der Waals surface area contributed by atoms with Crippen LogP contribution in [0.2, 0.25) is 0 Å². The normalized spacial score (nSPS) is 17.0. The van der Waals surface area contributed by atoms with Crippen molar-refractivity contribution in [1.82, 2.24) is 9.21 Å². The fourth-order valence-corrected chi connectivity index (χ4v) is 6.06. The van der Waals surface area contributed by atoms with E-state index in [2.05, 4.69) is 22.2 Å². The van der Waals surface area contributed by atoms with Crippen LogP contribution in [0.3, 0.4) is 0 Å². The molecule has 0 spiro atoms. The van der Waals surface area contributed by atoms with Crippen LogP contribution in [0.4, 0.5) is 0 Å². The highest BCUT2D eigenvalue weighted by atomic mass is 32.2. The van der Waals surface area contributed by atoms with E-state index in [1.807, 2.05) is 55.5 Å². The second kappa shape index (κ2) is 9.91. The predicted molar refractivity (Wildman–Crippen MR) is 136 cm³/mol. The lowest BCUT2D eigenvalue weighted by molar-refractivity contribution is 0.0139. The Morgan fingerprint density at radius 3 is 1.97 bits per heavy atom. The lowest BCUT2D eigenvalue weighted by atomic mass is 10.1. The van der Waals surface area contributed by atoms with Crippen LogP contribution < -0.4 is 0 Å². The third-order valence-corrected chi connectivity index (χ3v) is 8.45. The molecule has 0 amide bonds. The van der Waals surface area contributed by atoms with Crippen molar-refractivity contribution in [3.05, 3.63) is 89.5 Å². The fraction of sp³-hybridized carbons (Fsp3) is 0.296. The number of sulfonamides is 1. The lowest BCUT2D eigenvalue weighted by Crippen LogP contribution is -2.50. The number of rotatable bonds is 7. The summed E-state index contributed by atoms with van der Waals surface area (Å²) in [6, 6.07) is 23.1. The molecule has 1 N–H and O–H groups in total. The smallest absolute Gasteiger partial charge is 0.243 e. The van der Waals surface area contributed by atoms with Gasteiger partial charge in [-0.3, -0.25) is 4.90 Å². The average Bonchev–Trinajstić information content (AvgIpc) is 3.19. The largest absolute Gasteiger partial charge is 0.392 e. The summed E-state index contributed by atoms with van der Waals surface area (Å²) < 4.78 is 27.3. The van der Waals surface area contributed by atoms with Gasteiger partial charge in [0.15, 0.2) is 0 Å². The molecule has 7 nitrogen and oxygen atoms in total. The van der Waals surface area contributed by atoms with E-state index in [0.717, 1.165) is 33.5 Å². The Labute approximate surface area is 206 Å². The van der Waals surface area contributed by atoms with Gasteiger partial charge in [0.25, 0.3) is 0 Å². The van der Waals surface area contributed by atoms with Gasteiger partial charge < -0.3 is 9.94 Å². The summed E-state index contributed by atoms with van der Waals surface area (Å²) in [5.41, 5.74) is 6.10.